The number of hydrogen-bond donors (Lipinski definition) is 2. The number of hydrazine groups is 1. The third kappa shape index (κ3) is 3.58. The smallest absolute Gasteiger partial charge is 0.123 e. The van der Waals surface area contributed by atoms with Gasteiger partial charge < -0.3 is 0 Å². The highest BCUT2D eigenvalue weighted by Gasteiger charge is 2.15. The summed E-state index contributed by atoms with van der Waals surface area (Å²) in [5, 5.41) is 0. The zero-order valence-electron chi connectivity index (χ0n) is 10.0. The largest absolute Gasteiger partial charge is 0.271 e. The van der Waals surface area contributed by atoms with Crippen LogP contribution in [0.5, 0.6) is 0 Å². The molecule has 16 heavy (non-hydrogen) atoms. The second kappa shape index (κ2) is 6.61. The van der Waals surface area contributed by atoms with Crippen molar-refractivity contribution in [2.24, 2.45) is 11.8 Å². The molecule has 0 aliphatic carbocycles. The van der Waals surface area contributed by atoms with E-state index < -0.39 is 0 Å². The molecule has 0 aliphatic rings. The Morgan fingerprint density at radius 2 is 2.00 bits per heavy atom. The summed E-state index contributed by atoms with van der Waals surface area (Å²) in [5.74, 6) is 5.96. The van der Waals surface area contributed by atoms with Crippen LogP contribution in [0.2, 0.25) is 0 Å². The standard InChI is InChI=1S/C13H21FN2/c1-3-10(4-2)8-13(16-15)11-6-5-7-12(14)9-11/h5-7,9-10,13,16H,3-4,8,15H2,1-2H3. The van der Waals surface area contributed by atoms with E-state index in [0.717, 1.165) is 24.8 Å². The van der Waals surface area contributed by atoms with Gasteiger partial charge in [-0.3, -0.25) is 11.3 Å². The number of rotatable bonds is 6. The fourth-order valence-electron chi connectivity index (χ4n) is 1.98. The van der Waals surface area contributed by atoms with E-state index in [0.29, 0.717) is 5.92 Å². The molecule has 0 heterocycles. The molecule has 3 heteroatoms. The Kier molecular flexibility index (Phi) is 5.43. The fourth-order valence-corrected chi connectivity index (χ4v) is 1.98. The Bertz CT molecular complexity index is 311. The molecule has 0 aliphatic heterocycles. The van der Waals surface area contributed by atoms with Crippen LogP contribution in [0.3, 0.4) is 0 Å². The molecule has 0 bridgehead atoms. The molecule has 1 atom stereocenters. The highest BCUT2D eigenvalue weighted by Crippen LogP contribution is 2.24. The highest BCUT2D eigenvalue weighted by atomic mass is 19.1. The minimum Gasteiger partial charge on any atom is -0.271 e. The van der Waals surface area contributed by atoms with Gasteiger partial charge in [-0.15, -0.1) is 0 Å². The second-order valence-electron chi connectivity index (χ2n) is 4.19. The van der Waals surface area contributed by atoms with Crippen LogP contribution in [0.25, 0.3) is 0 Å². The summed E-state index contributed by atoms with van der Waals surface area (Å²) in [6, 6.07) is 6.68. The maximum atomic E-state index is 13.1. The van der Waals surface area contributed by atoms with E-state index in [-0.39, 0.29) is 11.9 Å². The molecule has 1 aromatic carbocycles. The summed E-state index contributed by atoms with van der Waals surface area (Å²) in [6.45, 7) is 4.35. The first-order valence-electron chi connectivity index (χ1n) is 5.92. The van der Waals surface area contributed by atoms with Crippen LogP contribution in [0.15, 0.2) is 24.3 Å². The van der Waals surface area contributed by atoms with Crippen LogP contribution in [-0.4, -0.2) is 0 Å². The molecule has 0 radical (unpaired) electrons. The minimum atomic E-state index is -0.206. The molecule has 0 saturated carbocycles. The van der Waals surface area contributed by atoms with Crippen LogP contribution in [0, 0.1) is 11.7 Å². The Morgan fingerprint density at radius 1 is 1.31 bits per heavy atom. The lowest BCUT2D eigenvalue weighted by Gasteiger charge is -2.21. The lowest BCUT2D eigenvalue weighted by atomic mass is 9.91. The zero-order valence-corrected chi connectivity index (χ0v) is 10.0. The van der Waals surface area contributed by atoms with Crippen LogP contribution in [0.4, 0.5) is 4.39 Å². The molecule has 2 nitrogen and oxygen atoms in total. The van der Waals surface area contributed by atoms with Crippen molar-refractivity contribution in [3.8, 4) is 0 Å². The molecule has 0 fully saturated rings. The van der Waals surface area contributed by atoms with Crippen molar-refractivity contribution in [3.05, 3.63) is 35.6 Å². The normalized spacial score (nSPS) is 13.1. The molecule has 1 unspecified atom stereocenters. The van der Waals surface area contributed by atoms with Crippen LogP contribution >= 0.6 is 0 Å². The van der Waals surface area contributed by atoms with Crippen molar-refractivity contribution < 1.29 is 4.39 Å². The molecule has 0 spiro atoms. The van der Waals surface area contributed by atoms with E-state index in [9.17, 15) is 4.39 Å². The van der Waals surface area contributed by atoms with Crippen molar-refractivity contribution in [1.29, 1.82) is 0 Å². The number of benzene rings is 1. The Morgan fingerprint density at radius 3 is 2.50 bits per heavy atom. The fraction of sp³-hybridized carbons (Fsp3) is 0.538. The SMILES string of the molecule is CCC(CC)CC(NN)c1cccc(F)c1. The van der Waals surface area contributed by atoms with Gasteiger partial charge in [0.05, 0.1) is 0 Å². The summed E-state index contributed by atoms with van der Waals surface area (Å²) in [6.07, 6.45) is 3.21. The Balaban J connectivity index is 2.74. The first kappa shape index (κ1) is 13.1. The summed E-state index contributed by atoms with van der Waals surface area (Å²) >= 11 is 0. The highest BCUT2D eigenvalue weighted by molar-refractivity contribution is 5.20. The van der Waals surface area contributed by atoms with Crippen molar-refractivity contribution in [1.82, 2.24) is 5.43 Å². The van der Waals surface area contributed by atoms with Crippen LogP contribution < -0.4 is 11.3 Å². The van der Waals surface area contributed by atoms with Crippen molar-refractivity contribution in [2.75, 3.05) is 0 Å². The van der Waals surface area contributed by atoms with E-state index >= 15 is 0 Å². The first-order chi connectivity index (χ1) is 7.71. The minimum absolute atomic E-state index is 0.0422. The van der Waals surface area contributed by atoms with E-state index in [2.05, 4.69) is 19.3 Å². The molecule has 1 rings (SSSR count). The van der Waals surface area contributed by atoms with Crippen molar-refractivity contribution >= 4 is 0 Å². The van der Waals surface area contributed by atoms with Crippen molar-refractivity contribution in [2.45, 2.75) is 39.2 Å². The van der Waals surface area contributed by atoms with Gasteiger partial charge in [-0.25, -0.2) is 4.39 Å². The van der Waals surface area contributed by atoms with Gasteiger partial charge in [0.2, 0.25) is 0 Å². The predicted octanol–water partition coefficient (Wildman–Crippen LogP) is 3.16. The third-order valence-corrected chi connectivity index (χ3v) is 3.18. The summed E-state index contributed by atoms with van der Waals surface area (Å²) in [5.41, 5.74) is 3.70. The van der Waals surface area contributed by atoms with E-state index in [1.807, 2.05) is 6.07 Å². The summed E-state index contributed by atoms with van der Waals surface area (Å²) in [4.78, 5) is 0. The molecule has 0 amide bonds. The van der Waals surface area contributed by atoms with Crippen LogP contribution in [-0.2, 0) is 0 Å². The van der Waals surface area contributed by atoms with E-state index in [1.165, 1.54) is 6.07 Å². The van der Waals surface area contributed by atoms with Gasteiger partial charge in [-0.1, -0.05) is 38.8 Å². The zero-order chi connectivity index (χ0) is 12.0. The molecular weight excluding hydrogens is 203 g/mol. The first-order valence-corrected chi connectivity index (χ1v) is 5.92. The Labute approximate surface area is 97.0 Å². The van der Waals surface area contributed by atoms with Crippen molar-refractivity contribution in [3.63, 3.8) is 0 Å². The average Bonchev–Trinajstić information content (AvgIpc) is 2.31. The Hall–Kier alpha value is -0.930. The van der Waals surface area contributed by atoms with Gasteiger partial charge in [0.15, 0.2) is 0 Å². The van der Waals surface area contributed by atoms with Gasteiger partial charge in [-0.05, 0) is 30.0 Å². The lowest BCUT2D eigenvalue weighted by molar-refractivity contribution is 0.374. The molecular formula is C13H21FN2. The lowest BCUT2D eigenvalue weighted by Crippen LogP contribution is -2.29. The average molecular weight is 224 g/mol. The number of halogens is 1. The number of hydrogen-bond acceptors (Lipinski definition) is 2. The summed E-state index contributed by atoms with van der Waals surface area (Å²) in [7, 11) is 0. The van der Waals surface area contributed by atoms with E-state index in [4.69, 9.17) is 5.84 Å². The molecule has 0 aromatic heterocycles. The van der Waals surface area contributed by atoms with E-state index in [1.54, 1.807) is 12.1 Å². The molecule has 1 aromatic rings. The molecule has 90 valence electrons. The van der Waals surface area contributed by atoms with Gasteiger partial charge in [0.1, 0.15) is 5.82 Å². The quantitative estimate of drug-likeness (QED) is 0.575. The third-order valence-electron chi connectivity index (χ3n) is 3.18. The molecule has 0 saturated heterocycles. The second-order valence-corrected chi connectivity index (χ2v) is 4.19. The maximum Gasteiger partial charge on any atom is 0.123 e. The predicted molar refractivity (Wildman–Crippen MR) is 65.2 cm³/mol. The number of nitrogens with two attached hydrogens (primary N) is 1. The topological polar surface area (TPSA) is 38.0 Å². The monoisotopic (exact) mass is 224 g/mol. The van der Waals surface area contributed by atoms with Gasteiger partial charge in [0, 0.05) is 6.04 Å². The van der Waals surface area contributed by atoms with Crippen LogP contribution in [0.1, 0.15) is 44.7 Å². The maximum absolute atomic E-state index is 13.1. The van der Waals surface area contributed by atoms with Gasteiger partial charge in [-0.2, -0.15) is 0 Å². The van der Waals surface area contributed by atoms with Gasteiger partial charge in [0.25, 0.3) is 0 Å². The number of nitrogens with one attached hydrogen (secondary N) is 1. The molecule has 3 N–H and O–H groups in total. The summed E-state index contributed by atoms with van der Waals surface area (Å²) < 4.78 is 13.1. The van der Waals surface area contributed by atoms with Gasteiger partial charge >= 0.3 is 0 Å².